The molecular weight excluding hydrogens is 388 g/mol. The molecule has 0 amide bonds. The smallest absolute Gasteiger partial charge is 0.230 e. The predicted octanol–water partition coefficient (Wildman–Crippen LogP) is 4.01. The number of likely N-dealkylation sites (tertiary alicyclic amines) is 1. The molecule has 0 spiro atoms. The van der Waals surface area contributed by atoms with E-state index in [0.29, 0.717) is 0 Å². The van der Waals surface area contributed by atoms with Gasteiger partial charge in [-0.3, -0.25) is 4.90 Å². The molecule has 1 N–H and O–H groups in total. The molecule has 3 heterocycles. The van der Waals surface area contributed by atoms with Crippen LogP contribution in [0.5, 0.6) is 5.88 Å². The van der Waals surface area contributed by atoms with Crippen LogP contribution in [-0.4, -0.2) is 37.7 Å². The Labute approximate surface area is 153 Å². The van der Waals surface area contributed by atoms with Crippen LogP contribution in [-0.2, 0) is 6.42 Å². The van der Waals surface area contributed by atoms with Crippen LogP contribution >= 0.6 is 27.3 Å². The van der Waals surface area contributed by atoms with Gasteiger partial charge in [0.25, 0.3) is 0 Å². The molecule has 7 heteroatoms. The van der Waals surface area contributed by atoms with E-state index < -0.39 is 0 Å². The lowest BCUT2D eigenvalue weighted by Gasteiger charge is -2.27. The van der Waals surface area contributed by atoms with Crippen LogP contribution in [0.1, 0.15) is 42.1 Å². The van der Waals surface area contributed by atoms with Crippen molar-refractivity contribution >= 4 is 32.2 Å². The zero-order valence-corrected chi connectivity index (χ0v) is 15.8. The van der Waals surface area contributed by atoms with Gasteiger partial charge < -0.3 is 5.11 Å². The molecule has 1 fully saturated rings. The summed E-state index contributed by atoms with van der Waals surface area (Å²) in [6.07, 6.45) is 3.18. The van der Waals surface area contributed by atoms with E-state index >= 15 is 0 Å². The number of benzene rings is 1. The Balaban J connectivity index is 1.82. The van der Waals surface area contributed by atoms with Crippen molar-refractivity contribution in [1.29, 1.82) is 0 Å². The number of fused-ring (bicyclic) bond motifs is 1. The summed E-state index contributed by atoms with van der Waals surface area (Å²) < 4.78 is 2.65. The highest BCUT2D eigenvalue weighted by molar-refractivity contribution is 9.10. The molecule has 1 atom stereocenters. The second-order valence-electron chi connectivity index (χ2n) is 6.06. The van der Waals surface area contributed by atoms with Crippen LogP contribution in [0.15, 0.2) is 28.7 Å². The van der Waals surface area contributed by atoms with Crippen LogP contribution in [0.25, 0.3) is 4.96 Å². The highest BCUT2D eigenvalue weighted by Crippen LogP contribution is 2.41. The zero-order valence-electron chi connectivity index (χ0n) is 13.4. The summed E-state index contributed by atoms with van der Waals surface area (Å²) in [7, 11) is 0. The lowest BCUT2D eigenvalue weighted by Crippen LogP contribution is -2.26. The molecule has 0 radical (unpaired) electrons. The van der Waals surface area contributed by atoms with Crippen LogP contribution in [0.3, 0.4) is 0 Å². The summed E-state index contributed by atoms with van der Waals surface area (Å²) in [4.78, 5) is 8.65. The number of rotatable bonds is 4. The quantitative estimate of drug-likeness (QED) is 0.710. The van der Waals surface area contributed by atoms with E-state index in [0.717, 1.165) is 39.6 Å². The fourth-order valence-electron chi connectivity index (χ4n) is 3.29. The molecule has 2 aromatic heterocycles. The zero-order chi connectivity index (χ0) is 16.7. The van der Waals surface area contributed by atoms with E-state index in [1.165, 1.54) is 18.4 Å². The molecule has 1 aromatic carbocycles. The van der Waals surface area contributed by atoms with Crippen LogP contribution in [0.4, 0.5) is 0 Å². The van der Waals surface area contributed by atoms with Gasteiger partial charge in [0.2, 0.25) is 10.8 Å². The molecule has 0 unspecified atom stereocenters. The van der Waals surface area contributed by atoms with Gasteiger partial charge in [-0.1, -0.05) is 46.3 Å². The summed E-state index contributed by atoms with van der Waals surface area (Å²) in [5.41, 5.74) is 1.19. The average molecular weight is 407 g/mol. The predicted molar refractivity (Wildman–Crippen MR) is 98.7 cm³/mol. The van der Waals surface area contributed by atoms with Gasteiger partial charge in [0, 0.05) is 10.9 Å². The van der Waals surface area contributed by atoms with E-state index in [9.17, 15) is 5.11 Å². The van der Waals surface area contributed by atoms with Crippen molar-refractivity contribution in [1.82, 2.24) is 19.5 Å². The van der Waals surface area contributed by atoms with Crippen molar-refractivity contribution in [3.05, 3.63) is 45.0 Å². The first kappa shape index (κ1) is 16.1. The Morgan fingerprint density at radius 2 is 1.96 bits per heavy atom. The largest absolute Gasteiger partial charge is 0.492 e. The molecule has 3 aromatic rings. The summed E-state index contributed by atoms with van der Waals surface area (Å²) in [5.74, 6) is 0.992. The maximum atomic E-state index is 10.8. The SMILES string of the molecule is CCc1nc2sc([C@@H](c3ccc(Br)cc3)N3CCCC3)c(O)n2n1. The molecule has 5 nitrogen and oxygen atoms in total. The minimum Gasteiger partial charge on any atom is -0.492 e. The Morgan fingerprint density at radius 3 is 2.58 bits per heavy atom. The normalized spacial score (nSPS) is 16.9. The summed E-state index contributed by atoms with van der Waals surface area (Å²) >= 11 is 5.04. The van der Waals surface area contributed by atoms with Crippen molar-refractivity contribution in [2.45, 2.75) is 32.2 Å². The van der Waals surface area contributed by atoms with Crippen LogP contribution in [0, 0.1) is 0 Å². The number of aryl methyl sites for hydroxylation is 1. The molecule has 0 bridgehead atoms. The molecule has 0 aliphatic carbocycles. The average Bonchev–Trinajstić information content (AvgIpc) is 3.29. The van der Waals surface area contributed by atoms with E-state index in [-0.39, 0.29) is 11.9 Å². The van der Waals surface area contributed by atoms with Gasteiger partial charge in [0.15, 0.2) is 5.82 Å². The van der Waals surface area contributed by atoms with E-state index in [1.54, 1.807) is 15.9 Å². The molecule has 4 rings (SSSR count). The van der Waals surface area contributed by atoms with Gasteiger partial charge in [-0.05, 0) is 43.6 Å². The fraction of sp³-hybridized carbons (Fsp3) is 0.412. The second kappa shape index (κ2) is 6.46. The molecule has 1 aliphatic rings. The Morgan fingerprint density at radius 1 is 1.25 bits per heavy atom. The Kier molecular flexibility index (Phi) is 4.32. The molecule has 0 saturated carbocycles. The highest BCUT2D eigenvalue weighted by Gasteiger charge is 2.30. The van der Waals surface area contributed by atoms with Crippen molar-refractivity contribution < 1.29 is 5.11 Å². The maximum Gasteiger partial charge on any atom is 0.230 e. The fourth-order valence-corrected chi connectivity index (χ4v) is 4.69. The molecule has 126 valence electrons. The summed E-state index contributed by atoms with van der Waals surface area (Å²) in [6.45, 7) is 4.12. The lowest BCUT2D eigenvalue weighted by atomic mass is 10.0. The van der Waals surface area contributed by atoms with Crippen molar-refractivity contribution in [2.75, 3.05) is 13.1 Å². The highest BCUT2D eigenvalue weighted by atomic mass is 79.9. The van der Waals surface area contributed by atoms with Crippen molar-refractivity contribution in [3.8, 4) is 5.88 Å². The van der Waals surface area contributed by atoms with Gasteiger partial charge in [-0.25, -0.2) is 4.98 Å². The van der Waals surface area contributed by atoms with Gasteiger partial charge in [-0.2, -0.15) is 4.52 Å². The van der Waals surface area contributed by atoms with E-state index in [2.05, 4.69) is 55.2 Å². The first-order chi connectivity index (χ1) is 11.7. The standard InChI is InChI=1S/C17H19BrN4OS/c1-2-13-19-17-22(20-13)16(23)15(24-17)14(21-9-3-4-10-21)11-5-7-12(18)8-6-11/h5-8,14,23H,2-4,9-10H2,1H3/t14-/m1/s1. The maximum absolute atomic E-state index is 10.8. The van der Waals surface area contributed by atoms with Crippen molar-refractivity contribution in [3.63, 3.8) is 0 Å². The summed E-state index contributed by atoms with van der Waals surface area (Å²) in [5, 5.41) is 15.2. The van der Waals surface area contributed by atoms with Crippen molar-refractivity contribution in [2.24, 2.45) is 0 Å². The van der Waals surface area contributed by atoms with Gasteiger partial charge in [-0.15, -0.1) is 5.10 Å². The molecule has 24 heavy (non-hydrogen) atoms. The minimum absolute atomic E-state index is 0.0548. The number of aromatic hydroxyl groups is 1. The Hall–Kier alpha value is -1.44. The molecule has 1 aliphatic heterocycles. The third-order valence-corrected chi connectivity index (χ3v) is 6.10. The third-order valence-electron chi connectivity index (χ3n) is 4.50. The monoisotopic (exact) mass is 406 g/mol. The Bertz CT molecular complexity index is 851. The first-order valence-corrected chi connectivity index (χ1v) is 9.85. The summed E-state index contributed by atoms with van der Waals surface area (Å²) in [6, 6.07) is 8.42. The topological polar surface area (TPSA) is 53.7 Å². The minimum atomic E-state index is 0.0548. The van der Waals surface area contributed by atoms with Crippen LogP contribution < -0.4 is 0 Å². The molecular formula is C17H19BrN4OS. The number of hydrogen-bond acceptors (Lipinski definition) is 5. The number of aromatic nitrogens is 3. The lowest BCUT2D eigenvalue weighted by molar-refractivity contribution is 0.277. The number of halogens is 1. The van der Waals surface area contributed by atoms with E-state index in [1.807, 2.05) is 6.92 Å². The second-order valence-corrected chi connectivity index (χ2v) is 7.99. The molecule has 1 saturated heterocycles. The van der Waals surface area contributed by atoms with Gasteiger partial charge in [0.05, 0.1) is 10.9 Å². The third kappa shape index (κ3) is 2.74. The number of nitrogens with zero attached hydrogens (tertiary/aromatic N) is 4. The van der Waals surface area contributed by atoms with Gasteiger partial charge in [0.1, 0.15) is 0 Å². The first-order valence-electron chi connectivity index (χ1n) is 8.24. The number of thiazole rings is 1. The number of hydrogen-bond donors (Lipinski definition) is 1. The van der Waals surface area contributed by atoms with E-state index in [4.69, 9.17) is 0 Å². The van der Waals surface area contributed by atoms with Gasteiger partial charge >= 0.3 is 0 Å². The van der Waals surface area contributed by atoms with Crippen LogP contribution in [0.2, 0.25) is 0 Å².